The summed E-state index contributed by atoms with van der Waals surface area (Å²) in [4.78, 5) is 4.33. The maximum Gasteiger partial charge on any atom is 0.143 e. The first kappa shape index (κ1) is 13.7. The summed E-state index contributed by atoms with van der Waals surface area (Å²) in [5.74, 6) is -0.0323. The summed E-state index contributed by atoms with van der Waals surface area (Å²) in [5, 5.41) is 20.2. The second-order valence-corrected chi connectivity index (χ2v) is 5.37. The Morgan fingerprint density at radius 2 is 1.94 bits per heavy atom. The van der Waals surface area contributed by atoms with Gasteiger partial charge in [0.05, 0.1) is 17.2 Å². The molecule has 0 amide bonds. The largest absolute Gasteiger partial charge is 0.506 e. The van der Waals surface area contributed by atoms with Crippen LogP contribution in [0.1, 0.15) is 31.2 Å². The zero-order valence-corrected chi connectivity index (χ0v) is 11.3. The molecule has 0 radical (unpaired) electrons. The minimum Gasteiger partial charge on any atom is -0.506 e. The van der Waals surface area contributed by atoms with E-state index in [2.05, 4.69) is 4.99 Å². The number of hydrogen-bond donors (Lipinski definition) is 2. The summed E-state index contributed by atoms with van der Waals surface area (Å²) in [5.41, 5.74) is 0.477. The number of aliphatic imine (C=N–C) groups is 1. The van der Waals surface area contributed by atoms with Crippen molar-refractivity contribution in [3.63, 3.8) is 0 Å². The Balaban J connectivity index is 2.17. The van der Waals surface area contributed by atoms with Crippen LogP contribution in [0.2, 0.25) is 10.0 Å². The van der Waals surface area contributed by atoms with E-state index >= 15 is 0 Å². The van der Waals surface area contributed by atoms with Crippen LogP contribution >= 0.6 is 23.2 Å². The van der Waals surface area contributed by atoms with E-state index in [4.69, 9.17) is 23.2 Å². The van der Waals surface area contributed by atoms with Crippen LogP contribution in [-0.2, 0) is 0 Å². The van der Waals surface area contributed by atoms with Crippen molar-refractivity contribution in [2.45, 2.75) is 37.8 Å². The third-order valence-corrected chi connectivity index (χ3v) is 3.66. The molecule has 0 heterocycles. The lowest BCUT2D eigenvalue weighted by Crippen LogP contribution is -2.28. The van der Waals surface area contributed by atoms with E-state index in [1.165, 1.54) is 12.3 Å². The molecular weight excluding hydrogens is 273 g/mol. The van der Waals surface area contributed by atoms with E-state index < -0.39 is 6.10 Å². The molecule has 98 valence electrons. The number of aliphatic hydroxyl groups excluding tert-OH is 1. The molecular formula is C13H15Cl2NO2. The topological polar surface area (TPSA) is 52.8 Å². The van der Waals surface area contributed by atoms with Gasteiger partial charge in [0, 0.05) is 16.8 Å². The molecule has 0 aromatic heterocycles. The number of phenols is 1. The minimum atomic E-state index is -0.396. The van der Waals surface area contributed by atoms with Gasteiger partial charge >= 0.3 is 0 Å². The normalized spacial score (nSPS) is 24.6. The van der Waals surface area contributed by atoms with Gasteiger partial charge < -0.3 is 10.2 Å². The van der Waals surface area contributed by atoms with Crippen molar-refractivity contribution in [3.8, 4) is 5.75 Å². The van der Waals surface area contributed by atoms with Crippen molar-refractivity contribution in [2.24, 2.45) is 4.99 Å². The number of phenolic OH excluding ortho intramolecular Hbond substituents is 1. The van der Waals surface area contributed by atoms with Gasteiger partial charge in [0.25, 0.3) is 0 Å². The SMILES string of the molecule is Oc1c(Cl)cc(Cl)cc1C=N[C@H]1CCCC[C@@H]1O. The van der Waals surface area contributed by atoms with Crippen molar-refractivity contribution in [1.82, 2.24) is 0 Å². The molecule has 1 aliphatic rings. The average Bonchev–Trinajstić information content (AvgIpc) is 2.33. The number of aliphatic hydroxyl groups is 1. The lowest BCUT2D eigenvalue weighted by Gasteiger charge is -2.23. The lowest BCUT2D eigenvalue weighted by molar-refractivity contribution is 0.110. The fraction of sp³-hybridized carbons (Fsp3) is 0.462. The fourth-order valence-electron chi connectivity index (χ4n) is 2.13. The molecule has 1 aromatic carbocycles. The molecule has 5 heteroatoms. The molecule has 0 bridgehead atoms. The van der Waals surface area contributed by atoms with Crippen LogP contribution in [0.3, 0.4) is 0 Å². The van der Waals surface area contributed by atoms with Crippen LogP contribution in [0.25, 0.3) is 0 Å². The molecule has 0 saturated heterocycles. The Hall–Kier alpha value is -0.770. The Bertz CT molecular complexity index is 463. The summed E-state index contributed by atoms with van der Waals surface area (Å²) in [6.45, 7) is 0. The first-order chi connectivity index (χ1) is 8.58. The van der Waals surface area contributed by atoms with E-state index in [-0.39, 0.29) is 16.8 Å². The van der Waals surface area contributed by atoms with E-state index in [1.54, 1.807) is 6.07 Å². The zero-order chi connectivity index (χ0) is 13.1. The maximum absolute atomic E-state index is 9.80. The maximum atomic E-state index is 9.80. The van der Waals surface area contributed by atoms with Crippen molar-refractivity contribution in [2.75, 3.05) is 0 Å². The van der Waals surface area contributed by atoms with Crippen molar-refractivity contribution in [1.29, 1.82) is 0 Å². The molecule has 18 heavy (non-hydrogen) atoms. The molecule has 1 fully saturated rings. The minimum absolute atomic E-state index is 0.0323. The molecule has 2 atom stereocenters. The van der Waals surface area contributed by atoms with Crippen LogP contribution in [0, 0.1) is 0 Å². The highest BCUT2D eigenvalue weighted by Crippen LogP contribution is 2.30. The molecule has 1 aliphatic carbocycles. The molecule has 1 saturated carbocycles. The molecule has 2 N–H and O–H groups in total. The Labute approximate surface area is 116 Å². The summed E-state index contributed by atoms with van der Waals surface area (Å²) in [6.07, 6.45) is 4.90. The van der Waals surface area contributed by atoms with Gasteiger partial charge in [0.1, 0.15) is 5.75 Å². The molecule has 2 rings (SSSR count). The Morgan fingerprint density at radius 1 is 1.22 bits per heavy atom. The number of benzene rings is 1. The molecule has 0 spiro atoms. The number of hydrogen-bond acceptors (Lipinski definition) is 3. The summed E-state index contributed by atoms with van der Waals surface area (Å²) >= 11 is 11.7. The number of rotatable bonds is 2. The standard InChI is InChI=1S/C13H15Cl2NO2/c14-9-5-8(13(18)10(15)6-9)7-16-11-3-1-2-4-12(11)17/h5-7,11-12,17-18H,1-4H2/t11-,12-/m0/s1. The van der Waals surface area contributed by atoms with E-state index in [1.807, 2.05) is 0 Å². The van der Waals surface area contributed by atoms with Gasteiger partial charge in [-0.3, -0.25) is 4.99 Å². The van der Waals surface area contributed by atoms with Gasteiger partial charge in [-0.15, -0.1) is 0 Å². The first-order valence-electron chi connectivity index (χ1n) is 5.97. The number of nitrogens with zero attached hydrogens (tertiary/aromatic N) is 1. The third kappa shape index (κ3) is 3.16. The van der Waals surface area contributed by atoms with Gasteiger partial charge in [-0.2, -0.15) is 0 Å². The van der Waals surface area contributed by atoms with E-state index in [9.17, 15) is 10.2 Å². The van der Waals surface area contributed by atoms with Crippen molar-refractivity contribution < 1.29 is 10.2 Å². The Morgan fingerprint density at radius 3 is 2.67 bits per heavy atom. The number of aromatic hydroxyl groups is 1. The van der Waals surface area contributed by atoms with Crippen LogP contribution in [0.4, 0.5) is 0 Å². The molecule has 0 aliphatic heterocycles. The zero-order valence-electron chi connectivity index (χ0n) is 9.81. The molecule has 3 nitrogen and oxygen atoms in total. The highest BCUT2D eigenvalue weighted by molar-refractivity contribution is 6.36. The predicted octanol–water partition coefficient (Wildman–Crippen LogP) is 3.42. The summed E-state index contributed by atoms with van der Waals surface area (Å²) in [7, 11) is 0. The van der Waals surface area contributed by atoms with E-state index in [0.717, 1.165) is 25.7 Å². The highest BCUT2D eigenvalue weighted by Gasteiger charge is 2.21. The van der Waals surface area contributed by atoms with Gasteiger partial charge in [-0.1, -0.05) is 36.0 Å². The van der Waals surface area contributed by atoms with Gasteiger partial charge in [0.15, 0.2) is 0 Å². The first-order valence-corrected chi connectivity index (χ1v) is 6.73. The van der Waals surface area contributed by atoms with E-state index in [0.29, 0.717) is 10.6 Å². The summed E-state index contributed by atoms with van der Waals surface area (Å²) in [6, 6.07) is 2.98. The lowest BCUT2D eigenvalue weighted by atomic mass is 9.93. The average molecular weight is 288 g/mol. The second kappa shape index (κ2) is 5.91. The van der Waals surface area contributed by atoms with Crippen molar-refractivity contribution >= 4 is 29.4 Å². The van der Waals surface area contributed by atoms with Gasteiger partial charge in [0.2, 0.25) is 0 Å². The second-order valence-electron chi connectivity index (χ2n) is 4.52. The van der Waals surface area contributed by atoms with Gasteiger partial charge in [-0.25, -0.2) is 0 Å². The third-order valence-electron chi connectivity index (χ3n) is 3.16. The van der Waals surface area contributed by atoms with Crippen LogP contribution < -0.4 is 0 Å². The smallest absolute Gasteiger partial charge is 0.143 e. The number of halogens is 2. The van der Waals surface area contributed by atoms with Crippen LogP contribution in [0.5, 0.6) is 5.75 Å². The quantitative estimate of drug-likeness (QED) is 0.819. The Kier molecular flexibility index (Phi) is 4.49. The molecule has 0 unspecified atom stereocenters. The van der Waals surface area contributed by atoms with Crippen molar-refractivity contribution in [3.05, 3.63) is 27.7 Å². The van der Waals surface area contributed by atoms with Crippen LogP contribution in [0.15, 0.2) is 17.1 Å². The van der Waals surface area contributed by atoms with Crippen LogP contribution in [-0.4, -0.2) is 28.6 Å². The van der Waals surface area contributed by atoms with Gasteiger partial charge in [-0.05, 0) is 25.0 Å². The highest BCUT2D eigenvalue weighted by atomic mass is 35.5. The monoisotopic (exact) mass is 287 g/mol. The fourth-order valence-corrected chi connectivity index (χ4v) is 2.64. The summed E-state index contributed by atoms with van der Waals surface area (Å²) < 4.78 is 0. The molecule has 1 aromatic rings. The predicted molar refractivity (Wildman–Crippen MR) is 74.0 cm³/mol.